The minimum atomic E-state index is -2.86. The molecule has 3 nitrogen and oxygen atoms in total. The van der Waals surface area contributed by atoms with E-state index >= 15 is 0 Å². The zero-order valence-electron chi connectivity index (χ0n) is 10.7. The number of hydrogen-bond donors (Lipinski definition) is 0. The maximum Gasteiger partial charge on any atom is 0.387 e. The Morgan fingerprint density at radius 3 is 2.63 bits per heavy atom. The first-order valence-corrected chi connectivity index (χ1v) is 6.88. The second kappa shape index (κ2) is 7.43. The van der Waals surface area contributed by atoms with Gasteiger partial charge in [0, 0.05) is 5.33 Å². The summed E-state index contributed by atoms with van der Waals surface area (Å²) in [5.41, 5.74) is 2.24. The molecule has 0 unspecified atom stereocenters. The molecule has 1 rings (SSSR count). The summed E-state index contributed by atoms with van der Waals surface area (Å²) < 4.78 is 33.6. The van der Waals surface area contributed by atoms with Crippen molar-refractivity contribution in [1.82, 2.24) is 0 Å². The highest BCUT2D eigenvalue weighted by molar-refractivity contribution is 9.08. The molecule has 1 aromatic carbocycles. The third kappa shape index (κ3) is 4.78. The Balaban J connectivity index is 3.01. The van der Waals surface area contributed by atoms with Crippen LogP contribution in [0.5, 0.6) is 5.75 Å². The van der Waals surface area contributed by atoms with Crippen LogP contribution in [0.3, 0.4) is 0 Å². The maximum atomic E-state index is 12.2. The van der Waals surface area contributed by atoms with Gasteiger partial charge in [0.25, 0.3) is 0 Å². The lowest BCUT2D eigenvalue weighted by molar-refractivity contribution is -0.142. The maximum absolute atomic E-state index is 12.2. The SMILES string of the molecule is CCOC(=O)Cc1c(C)cc(OC(F)F)cc1CBr. The number of carbonyl (C=O) groups excluding carboxylic acids is 1. The molecule has 0 fully saturated rings. The van der Waals surface area contributed by atoms with Crippen LogP contribution in [0, 0.1) is 6.92 Å². The van der Waals surface area contributed by atoms with Crippen molar-refractivity contribution in [3.8, 4) is 5.75 Å². The van der Waals surface area contributed by atoms with E-state index in [0.29, 0.717) is 11.9 Å². The van der Waals surface area contributed by atoms with E-state index in [0.717, 1.165) is 16.7 Å². The van der Waals surface area contributed by atoms with Crippen LogP contribution in [0.1, 0.15) is 23.6 Å². The van der Waals surface area contributed by atoms with Gasteiger partial charge in [-0.05, 0) is 42.7 Å². The van der Waals surface area contributed by atoms with Crippen molar-refractivity contribution in [2.45, 2.75) is 32.2 Å². The largest absolute Gasteiger partial charge is 0.466 e. The fourth-order valence-electron chi connectivity index (χ4n) is 1.75. The first-order valence-electron chi connectivity index (χ1n) is 5.76. The number of hydrogen-bond acceptors (Lipinski definition) is 3. The summed E-state index contributed by atoms with van der Waals surface area (Å²) in [5, 5.41) is 0.447. The lowest BCUT2D eigenvalue weighted by Gasteiger charge is -2.13. The van der Waals surface area contributed by atoms with Crippen molar-refractivity contribution in [2.75, 3.05) is 6.61 Å². The summed E-state index contributed by atoms with van der Waals surface area (Å²) in [6.45, 7) is 0.932. The Bertz CT molecular complexity index is 450. The zero-order valence-corrected chi connectivity index (χ0v) is 12.3. The number of halogens is 3. The monoisotopic (exact) mass is 336 g/mol. The number of aryl methyl sites for hydroxylation is 1. The molecule has 6 heteroatoms. The Hall–Kier alpha value is -1.17. The smallest absolute Gasteiger partial charge is 0.387 e. The predicted molar refractivity (Wildman–Crippen MR) is 70.8 cm³/mol. The van der Waals surface area contributed by atoms with Crippen LogP contribution in [-0.2, 0) is 21.3 Å². The highest BCUT2D eigenvalue weighted by Gasteiger charge is 2.14. The van der Waals surface area contributed by atoms with E-state index in [9.17, 15) is 13.6 Å². The fraction of sp³-hybridized carbons (Fsp3) is 0.462. The standard InChI is InChI=1S/C13H15BrF2O3/c1-3-18-12(17)6-11-8(2)4-10(19-13(15)16)5-9(11)7-14/h4-5,13H,3,6-7H2,1-2H3. The second-order valence-electron chi connectivity index (χ2n) is 3.87. The molecule has 106 valence electrons. The molecule has 0 bridgehead atoms. The van der Waals surface area contributed by atoms with Crippen molar-refractivity contribution in [1.29, 1.82) is 0 Å². The quantitative estimate of drug-likeness (QED) is 0.588. The third-order valence-electron chi connectivity index (χ3n) is 2.53. The Kier molecular flexibility index (Phi) is 6.21. The molecule has 0 atom stereocenters. The number of benzene rings is 1. The number of alkyl halides is 3. The van der Waals surface area contributed by atoms with E-state index in [1.54, 1.807) is 13.8 Å². The van der Waals surface area contributed by atoms with Crippen molar-refractivity contribution in [2.24, 2.45) is 0 Å². The van der Waals surface area contributed by atoms with Crippen LogP contribution in [0.2, 0.25) is 0 Å². The minimum Gasteiger partial charge on any atom is -0.466 e. The van der Waals surface area contributed by atoms with Crippen LogP contribution in [0.15, 0.2) is 12.1 Å². The summed E-state index contributed by atoms with van der Waals surface area (Å²) in [6, 6.07) is 3.00. The molecular formula is C13H15BrF2O3. The Morgan fingerprint density at radius 1 is 1.42 bits per heavy atom. The topological polar surface area (TPSA) is 35.5 Å². The van der Waals surface area contributed by atoms with Crippen LogP contribution in [0.4, 0.5) is 8.78 Å². The van der Waals surface area contributed by atoms with Gasteiger partial charge in [-0.1, -0.05) is 15.9 Å². The number of esters is 1. The molecule has 1 aromatic rings. The first kappa shape index (κ1) is 15.9. The van der Waals surface area contributed by atoms with Gasteiger partial charge in [-0.2, -0.15) is 8.78 Å². The average molecular weight is 337 g/mol. The highest BCUT2D eigenvalue weighted by atomic mass is 79.9. The van der Waals surface area contributed by atoms with Gasteiger partial charge in [0.1, 0.15) is 5.75 Å². The summed E-state index contributed by atoms with van der Waals surface area (Å²) in [7, 11) is 0. The Morgan fingerprint density at radius 2 is 2.11 bits per heavy atom. The van der Waals surface area contributed by atoms with Gasteiger partial charge in [0.15, 0.2) is 0 Å². The lowest BCUT2D eigenvalue weighted by Crippen LogP contribution is -2.11. The average Bonchev–Trinajstić information content (AvgIpc) is 2.31. The molecule has 0 saturated heterocycles. The van der Waals surface area contributed by atoms with Crippen molar-refractivity contribution < 1.29 is 23.0 Å². The highest BCUT2D eigenvalue weighted by Crippen LogP contribution is 2.26. The van der Waals surface area contributed by atoms with E-state index in [4.69, 9.17) is 4.74 Å². The van der Waals surface area contributed by atoms with Crippen molar-refractivity contribution >= 4 is 21.9 Å². The van der Waals surface area contributed by atoms with Gasteiger partial charge in [0.2, 0.25) is 0 Å². The van der Waals surface area contributed by atoms with Gasteiger partial charge >= 0.3 is 12.6 Å². The van der Waals surface area contributed by atoms with Gasteiger partial charge in [-0.25, -0.2) is 0 Å². The second-order valence-corrected chi connectivity index (χ2v) is 4.43. The number of carbonyl (C=O) groups is 1. The van der Waals surface area contributed by atoms with Crippen LogP contribution in [-0.4, -0.2) is 19.2 Å². The molecule has 0 radical (unpaired) electrons. The molecule has 0 heterocycles. The van der Waals surface area contributed by atoms with E-state index in [-0.39, 0.29) is 18.1 Å². The Labute approximate surface area is 119 Å². The summed E-state index contributed by atoms with van der Waals surface area (Å²) >= 11 is 3.28. The number of ether oxygens (including phenoxy) is 2. The van der Waals surface area contributed by atoms with Gasteiger partial charge in [-0.3, -0.25) is 4.79 Å². The molecule has 19 heavy (non-hydrogen) atoms. The summed E-state index contributed by atoms with van der Waals surface area (Å²) in [6.07, 6.45) is 0.121. The molecule has 0 aliphatic heterocycles. The molecule has 0 saturated carbocycles. The molecule has 0 N–H and O–H groups in total. The first-order chi connectivity index (χ1) is 8.97. The molecule has 0 aliphatic carbocycles. The van der Waals surface area contributed by atoms with Crippen LogP contribution in [0.25, 0.3) is 0 Å². The van der Waals surface area contributed by atoms with Gasteiger partial charge in [-0.15, -0.1) is 0 Å². The third-order valence-corrected chi connectivity index (χ3v) is 3.14. The normalized spacial score (nSPS) is 10.6. The molecule has 0 aliphatic rings. The fourth-order valence-corrected chi connectivity index (χ4v) is 2.25. The van der Waals surface area contributed by atoms with Crippen molar-refractivity contribution in [3.63, 3.8) is 0 Å². The minimum absolute atomic E-state index is 0.0922. The van der Waals surface area contributed by atoms with E-state index < -0.39 is 6.61 Å². The van der Waals surface area contributed by atoms with Crippen LogP contribution >= 0.6 is 15.9 Å². The number of rotatable bonds is 6. The van der Waals surface area contributed by atoms with Crippen LogP contribution < -0.4 is 4.74 Å². The molecular weight excluding hydrogens is 322 g/mol. The van der Waals surface area contributed by atoms with Gasteiger partial charge in [0.05, 0.1) is 13.0 Å². The summed E-state index contributed by atoms with van der Waals surface area (Å²) in [5.74, 6) is -0.245. The van der Waals surface area contributed by atoms with E-state index in [2.05, 4.69) is 20.7 Å². The predicted octanol–water partition coefficient (Wildman–Crippen LogP) is 3.60. The summed E-state index contributed by atoms with van der Waals surface area (Å²) in [4.78, 5) is 11.5. The molecule has 0 amide bonds. The van der Waals surface area contributed by atoms with E-state index in [1.807, 2.05) is 0 Å². The van der Waals surface area contributed by atoms with E-state index in [1.165, 1.54) is 12.1 Å². The zero-order chi connectivity index (χ0) is 14.4. The molecule has 0 spiro atoms. The lowest BCUT2D eigenvalue weighted by atomic mass is 9.99. The van der Waals surface area contributed by atoms with Crippen molar-refractivity contribution in [3.05, 3.63) is 28.8 Å². The molecule has 0 aromatic heterocycles. The van der Waals surface area contributed by atoms with Gasteiger partial charge < -0.3 is 9.47 Å².